The monoisotopic (exact) mass is 356 g/mol. The zero-order valence-electron chi connectivity index (χ0n) is 15.3. The van der Waals surface area contributed by atoms with Gasteiger partial charge in [-0.1, -0.05) is 0 Å². The van der Waals surface area contributed by atoms with Gasteiger partial charge in [0.2, 0.25) is 5.91 Å². The summed E-state index contributed by atoms with van der Waals surface area (Å²) in [5, 5.41) is 18.0. The highest BCUT2D eigenvalue weighted by atomic mass is 16.5. The van der Waals surface area contributed by atoms with Crippen LogP contribution in [0.1, 0.15) is 32.4 Å². The standard InChI is InChI=1S/C18H24N6O2/c1-12-9-22(13(2)25)5-6-24(12)17-7-18(21-20-16(17)8-19)23-10-14-3-4-15(11-23)26-14/h7,12,14-15H,3-6,9-11H2,1-2H3. The number of fused-ring (bicyclic) bond motifs is 2. The van der Waals surface area contributed by atoms with Crippen LogP contribution in [0.5, 0.6) is 0 Å². The van der Waals surface area contributed by atoms with Crippen molar-refractivity contribution in [3.05, 3.63) is 11.8 Å². The van der Waals surface area contributed by atoms with Crippen LogP contribution in [-0.2, 0) is 9.53 Å². The third-order valence-corrected chi connectivity index (χ3v) is 5.62. The molecule has 3 aliphatic heterocycles. The molecule has 4 rings (SSSR count). The van der Waals surface area contributed by atoms with Crippen molar-refractivity contribution in [1.82, 2.24) is 15.1 Å². The molecule has 1 aromatic heterocycles. The van der Waals surface area contributed by atoms with Crippen LogP contribution >= 0.6 is 0 Å². The topological polar surface area (TPSA) is 85.6 Å². The molecule has 0 aliphatic carbocycles. The minimum absolute atomic E-state index is 0.0920. The Bertz CT molecular complexity index is 736. The Balaban J connectivity index is 1.59. The molecular formula is C18H24N6O2. The number of carbonyl (C=O) groups excluding carboxylic acids is 1. The lowest BCUT2D eigenvalue weighted by Gasteiger charge is -2.41. The number of piperazine rings is 1. The number of nitriles is 1. The van der Waals surface area contributed by atoms with Gasteiger partial charge < -0.3 is 19.4 Å². The Labute approximate surface area is 153 Å². The van der Waals surface area contributed by atoms with E-state index in [0.29, 0.717) is 25.3 Å². The zero-order chi connectivity index (χ0) is 18.3. The van der Waals surface area contributed by atoms with Gasteiger partial charge in [0.05, 0.1) is 17.9 Å². The molecule has 1 aromatic rings. The number of hydrogen-bond acceptors (Lipinski definition) is 7. The minimum atomic E-state index is 0.0920. The highest BCUT2D eigenvalue weighted by molar-refractivity contribution is 5.74. The number of ether oxygens (including phenoxy) is 1. The number of hydrogen-bond donors (Lipinski definition) is 0. The summed E-state index contributed by atoms with van der Waals surface area (Å²) in [4.78, 5) is 17.9. The number of aromatic nitrogens is 2. The van der Waals surface area contributed by atoms with Crippen LogP contribution in [0.2, 0.25) is 0 Å². The second kappa shape index (κ2) is 6.72. The largest absolute Gasteiger partial charge is 0.371 e. The molecule has 138 valence electrons. The fourth-order valence-corrected chi connectivity index (χ4v) is 4.23. The van der Waals surface area contributed by atoms with Gasteiger partial charge in [-0.2, -0.15) is 5.26 Å². The quantitative estimate of drug-likeness (QED) is 0.774. The summed E-state index contributed by atoms with van der Waals surface area (Å²) in [5.41, 5.74) is 1.15. The normalized spacial score (nSPS) is 28.2. The molecule has 0 radical (unpaired) electrons. The van der Waals surface area contributed by atoms with Gasteiger partial charge in [-0.05, 0) is 19.8 Å². The predicted molar refractivity (Wildman–Crippen MR) is 95.9 cm³/mol. The van der Waals surface area contributed by atoms with Gasteiger partial charge >= 0.3 is 0 Å². The van der Waals surface area contributed by atoms with Crippen LogP contribution in [0, 0.1) is 11.3 Å². The molecule has 0 saturated carbocycles. The van der Waals surface area contributed by atoms with Crippen molar-refractivity contribution in [1.29, 1.82) is 5.26 Å². The maximum atomic E-state index is 11.7. The smallest absolute Gasteiger partial charge is 0.219 e. The molecule has 3 fully saturated rings. The molecule has 3 atom stereocenters. The van der Waals surface area contributed by atoms with E-state index in [2.05, 4.69) is 33.0 Å². The summed E-state index contributed by atoms with van der Waals surface area (Å²) >= 11 is 0. The van der Waals surface area contributed by atoms with Crippen molar-refractivity contribution in [2.24, 2.45) is 0 Å². The summed E-state index contributed by atoms with van der Waals surface area (Å²) in [6.07, 6.45) is 2.74. The lowest BCUT2D eigenvalue weighted by molar-refractivity contribution is -0.129. The fourth-order valence-electron chi connectivity index (χ4n) is 4.23. The molecule has 1 amide bonds. The Kier molecular flexibility index (Phi) is 4.41. The van der Waals surface area contributed by atoms with E-state index < -0.39 is 0 Å². The van der Waals surface area contributed by atoms with Crippen molar-refractivity contribution in [3.63, 3.8) is 0 Å². The summed E-state index contributed by atoms with van der Waals surface area (Å²) in [6, 6.07) is 4.27. The second-order valence-electron chi connectivity index (χ2n) is 7.42. The first kappa shape index (κ1) is 17.0. The summed E-state index contributed by atoms with van der Waals surface area (Å²) < 4.78 is 5.90. The van der Waals surface area contributed by atoms with Crippen molar-refractivity contribution >= 4 is 17.4 Å². The third-order valence-electron chi connectivity index (χ3n) is 5.62. The van der Waals surface area contributed by atoms with E-state index in [1.54, 1.807) is 6.92 Å². The van der Waals surface area contributed by atoms with E-state index in [-0.39, 0.29) is 24.2 Å². The number of morpholine rings is 1. The highest BCUT2D eigenvalue weighted by Gasteiger charge is 2.35. The molecule has 0 aromatic carbocycles. The van der Waals surface area contributed by atoms with E-state index in [4.69, 9.17) is 4.74 Å². The molecule has 4 heterocycles. The minimum Gasteiger partial charge on any atom is -0.371 e. The number of carbonyl (C=O) groups is 1. The molecule has 0 spiro atoms. The molecule has 2 bridgehead atoms. The van der Waals surface area contributed by atoms with Crippen LogP contribution in [0.15, 0.2) is 6.07 Å². The first-order chi connectivity index (χ1) is 12.5. The van der Waals surface area contributed by atoms with Crippen molar-refractivity contribution in [2.75, 3.05) is 42.5 Å². The van der Waals surface area contributed by atoms with Gasteiger partial charge in [0.15, 0.2) is 11.5 Å². The summed E-state index contributed by atoms with van der Waals surface area (Å²) in [6.45, 7) is 7.32. The Morgan fingerprint density at radius 3 is 2.58 bits per heavy atom. The van der Waals surface area contributed by atoms with E-state index >= 15 is 0 Å². The second-order valence-corrected chi connectivity index (χ2v) is 7.42. The molecule has 8 heteroatoms. The van der Waals surface area contributed by atoms with E-state index in [1.807, 2.05) is 11.0 Å². The molecule has 0 N–H and O–H groups in total. The van der Waals surface area contributed by atoms with Crippen molar-refractivity contribution in [2.45, 2.75) is 44.9 Å². The Morgan fingerprint density at radius 2 is 1.96 bits per heavy atom. The van der Waals surface area contributed by atoms with Gasteiger partial charge in [-0.25, -0.2) is 0 Å². The van der Waals surface area contributed by atoms with Gasteiger partial charge in [0.25, 0.3) is 0 Å². The first-order valence-corrected chi connectivity index (χ1v) is 9.25. The Morgan fingerprint density at radius 1 is 1.23 bits per heavy atom. The van der Waals surface area contributed by atoms with Crippen LogP contribution in [0.4, 0.5) is 11.5 Å². The fraction of sp³-hybridized carbons (Fsp3) is 0.667. The first-order valence-electron chi connectivity index (χ1n) is 9.25. The van der Waals surface area contributed by atoms with Crippen LogP contribution < -0.4 is 9.80 Å². The molecule has 3 aliphatic rings. The lowest BCUT2D eigenvalue weighted by Crippen LogP contribution is -2.53. The average Bonchev–Trinajstić information content (AvgIpc) is 2.98. The number of nitrogens with zero attached hydrogens (tertiary/aromatic N) is 6. The molecule has 3 unspecified atom stereocenters. The average molecular weight is 356 g/mol. The SMILES string of the molecule is CC(=O)N1CCN(c2cc(N3CC4CCC(C3)O4)nnc2C#N)C(C)C1. The molecule has 8 nitrogen and oxygen atoms in total. The zero-order valence-corrected chi connectivity index (χ0v) is 15.3. The predicted octanol–water partition coefficient (Wildman–Crippen LogP) is 0.773. The van der Waals surface area contributed by atoms with Crippen molar-refractivity contribution in [3.8, 4) is 6.07 Å². The Hall–Kier alpha value is -2.40. The van der Waals surface area contributed by atoms with Crippen LogP contribution in [0.25, 0.3) is 0 Å². The van der Waals surface area contributed by atoms with Crippen molar-refractivity contribution < 1.29 is 9.53 Å². The van der Waals surface area contributed by atoms with E-state index in [9.17, 15) is 10.1 Å². The third kappa shape index (κ3) is 3.07. The van der Waals surface area contributed by atoms with Gasteiger partial charge in [-0.3, -0.25) is 4.79 Å². The van der Waals surface area contributed by atoms with Gasteiger partial charge in [0, 0.05) is 51.8 Å². The van der Waals surface area contributed by atoms with E-state index in [0.717, 1.165) is 37.4 Å². The lowest BCUT2D eigenvalue weighted by atomic mass is 10.1. The molecule has 26 heavy (non-hydrogen) atoms. The van der Waals surface area contributed by atoms with E-state index in [1.165, 1.54) is 0 Å². The summed E-state index contributed by atoms with van der Waals surface area (Å²) in [5.74, 6) is 0.898. The highest BCUT2D eigenvalue weighted by Crippen LogP contribution is 2.31. The molecular weight excluding hydrogens is 332 g/mol. The van der Waals surface area contributed by atoms with Gasteiger partial charge in [0.1, 0.15) is 6.07 Å². The summed E-state index contributed by atoms with van der Waals surface area (Å²) in [7, 11) is 0. The number of amides is 1. The van der Waals surface area contributed by atoms with Crippen LogP contribution in [0.3, 0.4) is 0 Å². The number of rotatable bonds is 2. The molecule has 3 saturated heterocycles. The maximum absolute atomic E-state index is 11.7. The maximum Gasteiger partial charge on any atom is 0.219 e. The number of anilines is 2. The van der Waals surface area contributed by atoms with Gasteiger partial charge in [-0.15, -0.1) is 10.2 Å². The van der Waals surface area contributed by atoms with Crippen LogP contribution in [-0.4, -0.2) is 72.0 Å².